The van der Waals surface area contributed by atoms with Crippen LogP contribution in [0.3, 0.4) is 0 Å². The van der Waals surface area contributed by atoms with E-state index in [1.54, 1.807) is 0 Å². The van der Waals surface area contributed by atoms with Crippen molar-refractivity contribution in [3.63, 3.8) is 0 Å². The number of amides is 1. The molecule has 1 atom stereocenters. The summed E-state index contributed by atoms with van der Waals surface area (Å²) in [6, 6.07) is 9.39. The first kappa shape index (κ1) is 14.7. The minimum atomic E-state index is -0.447. The maximum atomic E-state index is 12.6. The van der Waals surface area contributed by atoms with Crippen molar-refractivity contribution in [1.29, 1.82) is 0 Å². The van der Waals surface area contributed by atoms with Gasteiger partial charge < -0.3 is 5.32 Å². The highest BCUT2D eigenvalue weighted by Gasteiger charge is 2.25. The highest BCUT2D eigenvalue weighted by atomic mass is 16.2. The molecule has 0 saturated carbocycles. The van der Waals surface area contributed by atoms with Gasteiger partial charge in [0.05, 0.1) is 11.4 Å². The number of nitrogens with zero attached hydrogens (tertiary/aromatic N) is 2. The maximum Gasteiger partial charge on any atom is 0.344 e. The summed E-state index contributed by atoms with van der Waals surface area (Å²) in [5.74, 6) is 0. The summed E-state index contributed by atoms with van der Waals surface area (Å²) in [5, 5.41) is 6.24. The molecule has 1 aliphatic carbocycles. The average Bonchev–Trinajstić information content (AvgIpc) is 3.09. The van der Waals surface area contributed by atoms with Crippen LogP contribution >= 0.6 is 0 Å². The predicted octanol–water partition coefficient (Wildman–Crippen LogP) is 2.59. The van der Waals surface area contributed by atoms with Crippen LogP contribution in [0.4, 0.5) is 4.79 Å². The van der Waals surface area contributed by atoms with Crippen LogP contribution < -0.4 is 10.9 Å². The van der Waals surface area contributed by atoms with Gasteiger partial charge in [0.2, 0.25) is 0 Å². The van der Waals surface area contributed by atoms with E-state index in [-0.39, 0.29) is 11.6 Å². The fourth-order valence-electron chi connectivity index (χ4n) is 3.52. The van der Waals surface area contributed by atoms with E-state index in [1.807, 2.05) is 38.1 Å². The average molecular weight is 322 g/mol. The number of H-pyrrole nitrogens is 1. The van der Waals surface area contributed by atoms with Crippen molar-refractivity contribution in [3.8, 4) is 0 Å². The monoisotopic (exact) mass is 322 g/mol. The predicted molar refractivity (Wildman–Crippen MR) is 91.3 cm³/mol. The van der Waals surface area contributed by atoms with Crippen molar-refractivity contribution >= 4 is 17.1 Å². The van der Waals surface area contributed by atoms with Gasteiger partial charge in [0.25, 0.3) is 5.56 Å². The highest BCUT2D eigenvalue weighted by Crippen LogP contribution is 2.30. The fraction of sp³-hybridized carbons (Fsp3) is 0.278. The minimum absolute atomic E-state index is 0.0668. The number of nitrogens with one attached hydrogen (secondary N) is 2. The van der Waals surface area contributed by atoms with Crippen LogP contribution in [0.25, 0.3) is 11.0 Å². The number of aromatic amines is 1. The van der Waals surface area contributed by atoms with Crippen LogP contribution in [0.5, 0.6) is 0 Å². The molecule has 6 nitrogen and oxygen atoms in total. The van der Waals surface area contributed by atoms with E-state index in [0.717, 1.165) is 34.3 Å². The van der Waals surface area contributed by atoms with Gasteiger partial charge in [-0.1, -0.05) is 24.3 Å². The molecule has 0 fully saturated rings. The molecule has 122 valence electrons. The number of carbonyl (C=O) groups excluding carboxylic acids is 1. The molecule has 0 aliphatic heterocycles. The lowest BCUT2D eigenvalue weighted by Gasteiger charge is -2.13. The summed E-state index contributed by atoms with van der Waals surface area (Å²) >= 11 is 0. The van der Waals surface area contributed by atoms with Gasteiger partial charge in [0, 0.05) is 5.69 Å². The quantitative estimate of drug-likeness (QED) is 0.722. The van der Waals surface area contributed by atoms with E-state index >= 15 is 0 Å². The van der Waals surface area contributed by atoms with Crippen LogP contribution in [0.2, 0.25) is 0 Å². The summed E-state index contributed by atoms with van der Waals surface area (Å²) in [4.78, 5) is 29.5. The Morgan fingerprint density at radius 2 is 2.12 bits per heavy atom. The lowest BCUT2D eigenvalue weighted by molar-refractivity contribution is 0.235. The van der Waals surface area contributed by atoms with Crippen LogP contribution in [0.15, 0.2) is 35.1 Å². The Morgan fingerprint density at radius 1 is 1.33 bits per heavy atom. The number of carbonyl (C=O) groups is 1. The second-order valence-electron chi connectivity index (χ2n) is 6.30. The Morgan fingerprint density at radius 3 is 2.96 bits per heavy atom. The number of aromatic nitrogens is 3. The number of hydrogen-bond acceptors (Lipinski definition) is 3. The third kappa shape index (κ3) is 2.22. The lowest BCUT2D eigenvalue weighted by Crippen LogP contribution is -2.37. The molecule has 2 N–H and O–H groups in total. The lowest BCUT2D eigenvalue weighted by atomic mass is 10.1. The van der Waals surface area contributed by atoms with Crippen molar-refractivity contribution in [2.45, 2.75) is 32.7 Å². The SMILES string of the molecule is Cc1cc(C)c2c(=O)n(C(=O)N[C@@H]3CCc4ccccc43)[nH]c2n1. The molecule has 0 radical (unpaired) electrons. The minimum Gasteiger partial charge on any atom is -0.329 e. The summed E-state index contributed by atoms with van der Waals surface area (Å²) in [6.45, 7) is 3.71. The summed E-state index contributed by atoms with van der Waals surface area (Å²) in [7, 11) is 0. The molecule has 1 aliphatic rings. The molecule has 3 aromatic rings. The number of fused-ring (bicyclic) bond motifs is 2. The fourth-order valence-corrected chi connectivity index (χ4v) is 3.52. The largest absolute Gasteiger partial charge is 0.344 e. The second kappa shape index (κ2) is 5.33. The van der Waals surface area contributed by atoms with E-state index in [9.17, 15) is 9.59 Å². The molecule has 4 rings (SSSR count). The molecule has 0 unspecified atom stereocenters. The Bertz CT molecular complexity index is 1020. The van der Waals surface area contributed by atoms with Crippen molar-refractivity contribution < 1.29 is 4.79 Å². The number of rotatable bonds is 1. The zero-order valence-corrected chi connectivity index (χ0v) is 13.6. The molecule has 2 aromatic heterocycles. The summed E-state index contributed by atoms with van der Waals surface area (Å²) in [5.41, 5.74) is 4.08. The standard InChI is InChI=1S/C18H18N4O2/c1-10-9-11(2)19-16-15(10)17(23)22(21-16)18(24)20-14-8-7-12-5-3-4-6-13(12)14/h3-6,9,14H,7-8H2,1-2H3,(H,19,21)(H,20,24)/t14-/m1/s1. The first-order valence-corrected chi connectivity index (χ1v) is 8.02. The van der Waals surface area contributed by atoms with E-state index < -0.39 is 6.03 Å². The molecule has 1 aromatic carbocycles. The maximum absolute atomic E-state index is 12.6. The number of benzene rings is 1. The number of pyridine rings is 1. The smallest absolute Gasteiger partial charge is 0.329 e. The van der Waals surface area contributed by atoms with Gasteiger partial charge in [-0.15, -0.1) is 0 Å². The van der Waals surface area contributed by atoms with Crippen molar-refractivity contribution in [1.82, 2.24) is 20.1 Å². The number of aryl methyl sites for hydroxylation is 3. The third-order valence-electron chi connectivity index (χ3n) is 4.61. The molecule has 6 heteroatoms. The molecule has 0 spiro atoms. The van der Waals surface area contributed by atoms with Crippen LogP contribution in [0.1, 0.15) is 34.8 Å². The molecule has 1 amide bonds. The van der Waals surface area contributed by atoms with Gasteiger partial charge in [0.15, 0.2) is 5.65 Å². The molecule has 0 bridgehead atoms. The summed E-state index contributed by atoms with van der Waals surface area (Å²) in [6.07, 6.45) is 1.78. The zero-order valence-electron chi connectivity index (χ0n) is 13.6. The normalized spacial score (nSPS) is 16.3. The van der Waals surface area contributed by atoms with Gasteiger partial charge >= 0.3 is 6.03 Å². The van der Waals surface area contributed by atoms with Gasteiger partial charge in [-0.2, -0.15) is 4.68 Å². The van der Waals surface area contributed by atoms with E-state index in [2.05, 4.69) is 21.5 Å². The van der Waals surface area contributed by atoms with Gasteiger partial charge in [0.1, 0.15) is 0 Å². The first-order valence-electron chi connectivity index (χ1n) is 8.02. The van der Waals surface area contributed by atoms with E-state index in [1.165, 1.54) is 5.56 Å². The van der Waals surface area contributed by atoms with Gasteiger partial charge in [-0.25, -0.2) is 9.78 Å². The van der Waals surface area contributed by atoms with Crippen LogP contribution in [-0.2, 0) is 6.42 Å². The summed E-state index contributed by atoms with van der Waals surface area (Å²) < 4.78 is 1.02. The molecule has 0 saturated heterocycles. The van der Waals surface area contributed by atoms with Gasteiger partial charge in [-0.05, 0) is 49.4 Å². The molecular formula is C18H18N4O2. The van der Waals surface area contributed by atoms with Gasteiger partial charge in [-0.3, -0.25) is 9.89 Å². The van der Waals surface area contributed by atoms with Crippen LogP contribution in [-0.4, -0.2) is 20.8 Å². The van der Waals surface area contributed by atoms with Crippen molar-refractivity contribution in [2.75, 3.05) is 0 Å². The molecule has 2 heterocycles. The topological polar surface area (TPSA) is 79.8 Å². The molecular weight excluding hydrogens is 304 g/mol. The van der Waals surface area contributed by atoms with E-state index in [4.69, 9.17) is 0 Å². The Labute approximate surface area is 138 Å². The zero-order chi connectivity index (χ0) is 16.8. The van der Waals surface area contributed by atoms with E-state index in [0.29, 0.717) is 11.0 Å². The third-order valence-corrected chi connectivity index (χ3v) is 4.61. The Kier molecular flexibility index (Phi) is 3.26. The first-order chi connectivity index (χ1) is 11.5. The Hall–Kier alpha value is -2.89. The Balaban J connectivity index is 1.69. The van der Waals surface area contributed by atoms with Crippen molar-refractivity contribution in [2.24, 2.45) is 0 Å². The van der Waals surface area contributed by atoms with Crippen molar-refractivity contribution in [3.05, 3.63) is 63.1 Å². The highest BCUT2D eigenvalue weighted by molar-refractivity contribution is 5.84. The van der Waals surface area contributed by atoms with Crippen LogP contribution in [0, 0.1) is 13.8 Å². The molecule has 24 heavy (non-hydrogen) atoms. The second-order valence-corrected chi connectivity index (χ2v) is 6.30. The number of hydrogen-bond donors (Lipinski definition) is 2.